The van der Waals surface area contributed by atoms with Gasteiger partial charge in [0.05, 0.1) is 18.3 Å². The fraction of sp³-hybridized carbons (Fsp3) is 0.308. The number of hydrogen-bond acceptors (Lipinski definition) is 6. The molecular weight excluding hydrogens is 516 g/mol. The van der Waals surface area contributed by atoms with Crippen molar-refractivity contribution in [3.8, 4) is 0 Å². The molecule has 0 spiro atoms. The maximum atomic E-state index is 15.0. The first kappa shape index (κ1) is 25.8. The van der Waals surface area contributed by atoms with Crippen LogP contribution in [-0.2, 0) is 12.1 Å². The maximum Gasteiger partial charge on any atom is 0.257 e. The zero-order chi connectivity index (χ0) is 26.9. The highest BCUT2D eigenvalue weighted by Crippen LogP contribution is 2.33. The third kappa shape index (κ3) is 4.99. The molecule has 1 amide bonds. The Labute approximate surface area is 222 Å². The molecule has 1 aliphatic heterocycles. The molecule has 1 saturated heterocycles. The molecule has 0 radical (unpaired) electrons. The summed E-state index contributed by atoms with van der Waals surface area (Å²) < 4.78 is 31.5. The molecule has 1 N–H and O–H groups in total. The Balaban J connectivity index is 1.38. The Morgan fingerprint density at radius 2 is 1.84 bits per heavy atom. The van der Waals surface area contributed by atoms with Crippen LogP contribution in [0.1, 0.15) is 22.8 Å². The molecule has 2 aromatic carbocycles. The molecule has 38 heavy (non-hydrogen) atoms. The molecule has 12 heteroatoms. The highest BCUT2D eigenvalue weighted by Gasteiger charge is 2.41. The number of carbonyl (C=O) groups is 1. The topological polar surface area (TPSA) is 92.3 Å². The highest BCUT2D eigenvalue weighted by molar-refractivity contribution is 6.30. The summed E-state index contributed by atoms with van der Waals surface area (Å²) in [6.45, 7) is 3.85. The van der Waals surface area contributed by atoms with Crippen LogP contribution in [0.3, 0.4) is 0 Å². The highest BCUT2D eigenvalue weighted by atomic mass is 35.5. The number of amides is 1. The molecule has 9 nitrogen and oxygen atoms in total. The smallest absolute Gasteiger partial charge is 0.257 e. The summed E-state index contributed by atoms with van der Waals surface area (Å²) in [6, 6.07) is 10.7. The second kappa shape index (κ2) is 10.5. The van der Waals surface area contributed by atoms with Crippen LogP contribution in [-0.4, -0.2) is 72.7 Å². The SMILES string of the molecule is CC(c1ccc(F)cc1F)(C(O)Cn1cncn1)n1cc(C(=O)N2CCN(c3ccc(Cl)cc3)CC2)cn1. The largest absolute Gasteiger partial charge is 0.388 e. The zero-order valence-corrected chi connectivity index (χ0v) is 21.3. The van der Waals surface area contributed by atoms with Gasteiger partial charge in [-0.15, -0.1) is 0 Å². The van der Waals surface area contributed by atoms with Crippen molar-refractivity contribution >= 4 is 23.2 Å². The van der Waals surface area contributed by atoms with E-state index in [0.29, 0.717) is 36.8 Å². The van der Waals surface area contributed by atoms with Gasteiger partial charge in [-0.3, -0.25) is 14.2 Å². The number of hydrogen-bond donors (Lipinski definition) is 1. The number of aliphatic hydroxyl groups excluding tert-OH is 1. The van der Waals surface area contributed by atoms with Crippen molar-refractivity contribution in [2.75, 3.05) is 31.1 Å². The van der Waals surface area contributed by atoms with Crippen LogP contribution < -0.4 is 4.90 Å². The number of nitrogens with zero attached hydrogens (tertiary/aromatic N) is 7. The molecule has 5 rings (SSSR count). The van der Waals surface area contributed by atoms with Gasteiger partial charge in [0.25, 0.3) is 5.91 Å². The molecule has 3 heterocycles. The van der Waals surface area contributed by atoms with E-state index in [-0.39, 0.29) is 18.0 Å². The lowest BCUT2D eigenvalue weighted by Crippen LogP contribution is -2.49. The average Bonchev–Trinajstić information content (AvgIpc) is 3.61. The summed E-state index contributed by atoms with van der Waals surface area (Å²) in [6.07, 6.45) is 4.37. The van der Waals surface area contributed by atoms with Crippen LogP contribution >= 0.6 is 11.6 Å². The normalized spacial score (nSPS) is 16.3. The second-order valence-corrected chi connectivity index (χ2v) is 9.77. The fourth-order valence-electron chi connectivity index (χ4n) is 4.73. The van der Waals surface area contributed by atoms with Gasteiger partial charge >= 0.3 is 0 Å². The monoisotopic (exact) mass is 541 g/mol. The summed E-state index contributed by atoms with van der Waals surface area (Å²) in [5, 5.41) is 20.3. The summed E-state index contributed by atoms with van der Waals surface area (Å²) in [5.74, 6) is -1.81. The van der Waals surface area contributed by atoms with Gasteiger partial charge in [-0.2, -0.15) is 10.2 Å². The molecule has 0 aliphatic carbocycles. The van der Waals surface area contributed by atoms with Gasteiger partial charge in [0.15, 0.2) is 0 Å². The van der Waals surface area contributed by atoms with Crippen LogP contribution in [0.2, 0.25) is 5.02 Å². The number of rotatable bonds is 7. The third-order valence-electron chi connectivity index (χ3n) is 7.02. The van der Waals surface area contributed by atoms with Crippen molar-refractivity contribution in [3.63, 3.8) is 0 Å². The molecule has 2 unspecified atom stereocenters. The summed E-state index contributed by atoms with van der Waals surface area (Å²) >= 11 is 5.99. The van der Waals surface area contributed by atoms with E-state index in [9.17, 15) is 14.3 Å². The first-order chi connectivity index (χ1) is 18.3. The van der Waals surface area contributed by atoms with Crippen LogP contribution in [0.5, 0.6) is 0 Å². The van der Waals surface area contributed by atoms with Gasteiger partial charge in [0.2, 0.25) is 0 Å². The fourth-order valence-corrected chi connectivity index (χ4v) is 4.85. The average molecular weight is 542 g/mol. The number of piperazine rings is 1. The molecule has 198 valence electrons. The Morgan fingerprint density at radius 3 is 2.50 bits per heavy atom. The first-order valence-electron chi connectivity index (χ1n) is 12.1. The van der Waals surface area contributed by atoms with E-state index < -0.39 is 23.3 Å². The van der Waals surface area contributed by atoms with Crippen molar-refractivity contribution in [3.05, 3.63) is 95.3 Å². The molecule has 0 bridgehead atoms. The number of anilines is 1. The Morgan fingerprint density at radius 1 is 1.11 bits per heavy atom. The maximum absolute atomic E-state index is 15.0. The standard InChI is InChI=1S/C26H26ClF2N7O2/c1-26(22-7-4-20(28)12-23(22)29,24(37)15-35-17-30-16-32-35)36-14-18(13-31-36)25(38)34-10-8-33(9-11-34)21-5-2-19(27)3-6-21/h2-7,12-14,16-17,24,37H,8-11,15H2,1H3. The van der Waals surface area contributed by atoms with Crippen molar-refractivity contribution in [2.45, 2.75) is 25.1 Å². The van der Waals surface area contributed by atoms with Crippen molar-refractivity contribution in [1.82, 2.24) is 29.4 Å². The predicted molar refractivity (Wildman–Crippen MR) is 137 cm³/mol. The number of halogens is 3. The molecule has 2 atom stereocenters. The predicted octanol–water partition coefficient (Wildman–Crippen LogP) is 3.19. The van der Waals surface area contributed by atoms with Crippen molar-refractivity contribution < 1.29 is 18.7 Å². The van der Waals surface area contributed by atoms with E-state index in [1.807, 2.05) is 24.3 Å². The number of carbonyl (C=O) groups excluding carboxylic acids is 1. The van der Waals surface area contributed by atoms with Crippen LogP contribution in [0.15, 0.2) is 67.5 Å². The van der Waals surface area contributed by atoms with Gasteiger partial charge in [0, 0.05) is 54.7 Å². The van der Waals surface area contributed by atoms with E-state index in [2.05, 4.69) is 20.1 Å². The minimum atomic E-state index is -1.49. The van der Waals surface area contributed by atoms with E-state index in [0.717, 1.165) is 17.8 Å². The van der Waals surface area contributed by atoms with Crippen LogP contribution in [0, 0.1) is 11.6 Å². The van der Waals surface area contributed by atoms with Crippen molar-refractivity contribution in [1.29, 1.82) is 0 Å². The molecule has 1 fully saturated rings. The lowest BCUT2D eigenvalue weighted by atomic mass is 9.85. The summed E-state index contributed by atoms with van der Waals surface area (Å²) in [7, 11) is 0. The van der Waals surface area contributed by atoms with Crippen LogP contribution in [0.4, 0.5) is 14.5 Å². The van der Waals surface area contributed by atoms with E-state index in [1.54, 1.807) is 11.8 Å². The lowest BCUT2D eigenvalue weighted by Gasteiger charge is -2.36. The zero-order valence-electron chi connectivity index (χ0n) is 20.6. The van der Waals surface area contributed by atoms with E-state index in [4.69, 9.17) is 11.6 Å². The van der Waals surface area contributed by atoms with Gasteiger partial charge in [-0.1, -0.05) is 17.7 Å². The third-order valence-corrected chi connectivity index (χ3v) is 7.27. The number of aromatic nitrogens is 5. The molecule has 4 aromatic rings. The molecular formula is C26H26ClF2N7O2. The Kier molecular flexibility index (Phi) is 7.13. The summed E-state index contributed by atoms with van der Waals surface area (Å²) in [5.41, 5.74) is -0.139. The second-order valence-electron chi connectivity index (χ2n) is 9.33. The molecule has 2 aromatic heterocycles. The van der Waals surface area contributed by atoms with Crippen LogP contribution in [0.25, 0.3) is 0 Å². The molecule has 0 saturated carbocycles. The van der Waals surface area contributed by atoms with Gasteiger partial charge in [-0.25, -0.2) is 13.8 Å². The Bertz CT molecular complexity index is 1410. The molecule has 1 aliphatic rings. The van der Waals surface area contributed by atoms with Crippen molar-refractivity contribution in [2.24, 2.45) is 0 Å². The minimum absolute atomic E-state index is 0.0187. The van der Waals surface area contributed by atoms with Gasteiger partial charge in [0.1, 0.15) is 35.9 Å². The summed E-state index contributed by atoms with van der Waals surface area (Å²) in [4.78, 5) is 21.1. The Hall–Kier alpha value is -3.83. The first-order valence-corrected chi connectivity index (χ1v) is 12.4. The number of benzene rings is 2. The van der Waals surface area contributed by atoms with E-state index >= 15 is 4.39 Å². The number of aliphatic hydroxyl groups is 1. The van der Waals surface area contributed by atoms with Gasteiger partial charge < -0.3 is 14.9 Å². The lowest BCUT2D eigenvalue weighted by molar-refractivity contribution is 0.0438. The minimum Gasteiger partial charge on any atom is -0.388 e. The van der Waals surface area contributed by atoms with Gasteiger partial charge in [-0.05, 0) is 37.3 Å². The van der Waals surface area contributed by atoms with E-state index in [1.165, 1.54) is 40.5 Å². The quantitative estimate of drug-likeness (QED) is 0.386.